The number of carbonyl (C=O) groups is 1. The minimum atomic E-state index is -0.298. The third-order valence-corrected chi connectivity index (χ3v) is 3.91. The lowest BCUT2D eigenvalue weighted by molar-refractivity contribution is 0.0497. The maximum Gasteiger partial charge on any atom is 0.338 e. The van der Waals surface area contributed by atoms with Crippen LogP contribution in [0.3, 0.4) is 0 Å². The summed E-state index contributed by atoms with van der Waals surface area (Å²) in [6.45, 7) is 8.78. The molecule has 126 valence electrons. The van der Waals surface area contributed by atoms with E-state index >= 15 is 0 Å². The lowest BCUT2D eigenvalue weighted by atomic mass is 9.83. The molecule has 1 rings (SSSR count). The smallest absolute Gasteiger partial charge is 0.338 e. The van der Waals surface area contributed by atoms with Crippen LogP contribution in [-0.2, 0) is 10.2 Å². The van der Waals surface area contributed by atoms with Gasteiger partial charge in [0.2, 0.25) is 0 Å². The van der Waals surface area contributed by atoms with Gasteiger partial charge in [-0.15, -0.1) is 0 Å². The average molecular weight is 315 g/mol. The van der Waals surface area contributed by atoms with Crippen molar-refractivity contribution in [1.29, 1.82) is 5.26 Å². The molecule has 0 saturated carbocycles. The summed E-state index contributed by atoms with van der Waals surface area (Å²) in [5.41, 5.74) is 1.85. The molecule has 0 aliphatic rings. The predicted molar refractivity (Wildman–Crippen MR) is 93.5 cm³/mol. The van der Waals surface area contributed by atoms with Gasteiger partial charge in [-0.3, -0.25) is 0 Å². The molecule has 0 N–H and O–H groups in total. The SMILES string of the molecule is CCCCCCCCOC(=O)c1ccc(C#N)c(C(C)(C)C)c1. The normalized spacial score (nSPS) is 11.1. The molecule has 23 heavy (non-hydrogen) atoms. The van der Waals surface area contributed by atoms with Crippen LogP contribution in [0.2, 0.25) is 0 Å². The largest absolute Gasteiger partial charge is 0.462 e. The average Bonchev–Trinajstić information content (AvgIpc) is 2.52. The van der Waals surface area contributed by atoms with Crippen LogP contribution >= 0.6 is 0 Å². The number of ether oxygens (including phenoxy) is 1. The van der Waals surface area contributed by atoms with Gasteiger partial charge in [-0.2, -0.15) is 5.26 Å². The fraction of sp³-hybridized carbons (Fsp3) is 0.600. The number of nitriles is 1. The first kappa shape index (κ1) is 19.2. The van der Waals surface area contributed by atoms with Crippen molar-refractivity contribution < 1.29 is 9.53 Å². The Bertz CT molecular complexity index is 550. The molecule has 0 fully saturated rings. The summed E-state index contributed by atoms with van der Waals surface area (Å²) in [6, 6.07) is 7.37. The minimum absolute atomic E-state index is 0.180. The van der Waals surface area contributed by atoms with E-state index in [1.54, 1.807) is 18.2 Å². The second-order valence-corrected chi connectivity index (χ2v) is 7.03. The van der Waals surface area contributed by atoms with Gasteiger partial charge in [0.15, 0.2) is 0 Å². The van der Waals surface area contributed by atoms with Gasteiger partial charge in [-0.1, -0.05) is 59.8 Å². The highest BCUT2D eigenvalue weighted by Crippen LogP contribution is 2.26. The second-order valence-electron chi connectivity index (χ2n) is 7.03. The lowest BCUT2D eigenvalue weighted by Gasteiger charge is -2.21. The van der Waals surface area contributed by atoms with E-state index in [1.165, 1.54) is 25.7 Å². The monoisotopic (exact) mass is 315 g/mol. The summed E-state index contributed by atoms with van der Waals surface area (Å²) in [6.07, 6.45) is 7.00. The summed E-state index contributed by atoms with van der Waals surface area (Å²) in [5, 5.41) is 9.21. The van der Waals surface area contributed by atoms with E-state index in [0.717, 1.165) is 18.4 Å². The topological polar surface area (TPSA) is 50.1 Å². The number of carbonyl (C=O) groups excluding carboxylic acids is 1. The number of hydrogen-bond donors (Lipinski definition) is 0. The first-order chi connectivity index (χ1) is 10.9. The summed E-state index contributed by atoms with van der Waals surface area (Å²) in [7, 11) is 0. The van der Waals surface area contributed by atoms with Crippen LogP contribution in [-0.4, -0.2) is 12.6 Å². The van der Waals surface area contributed by atoms with Crippen molar-refractivity contribution in [3.8, 4) is 6.07 Å². The molecule has 0 unspecified atom stereocenters. The zero-order valence-corrected chi connectivity index (χ0v) is 14.9. The maximum absolute atomic E-state index is 12.2. The minimum Gasteiger partial charge on any atom is -0.462 e. The van der Waals surface area contributed by atoms with Crippen molar-refractivity contribution in [3.05, 3.63) is 34.9 Å². The molecule has 0 aromatic heterocycles. The predicted octanol–water partition coefficient (Wildman–Crippen LogP) is 5.37. The molecular formula is C20H29NO2. The van der Waals surface area contributed by atoms with Gasteiger partial charge in [0.25, 0.3) is 0 Å². The van der Waals surface area contributed by atoms with Crippen molar-refractivity contribution in [3.63, 3.8) is 0 Å². The fourth-order valence-corrected chi connectivity index (χ4v) is 2.52. The van der Waals surface area contributed by atoms with E-state index < -0.39 is 0 Å². The summed E-state index contributed by atoms with van der Waals surface area (Å²) in [4.78, 5) is 12.2. The zero-order valence-electron chi connectivity index (χ0n) is 14.9. The van der Waals surface area contributed by atoms with E-state index in [9.17, 15) is 10.1 Å². The zero-order chi connectivity index (χ0) is 17.3. The number of benzene rings is 1. The number of rotatable bonds is 8. The molecule has 0 aliphatic carbocycles. The Hall–Kier alpha value is -1.82. The molecular weight excluding hydrogens is 286 g/mol. The molecule has 3 heteroatoms. The lowest BCUT2D eigenvalue weighted by Crippen LogP contribution is -2.15. The first-order valence-corrected chi connectivity index (χ1v) is 8.62. The van der Waals surface area contributed by atoms with Gasteiger partial charge in [0.1, 0.15) is 0 Å². The highest BCUT2D eigenvalue weighted by Gasteiger charge is 2.20. The third-order valence-electron chi connectivity index (χ3n) is 3.91. The van der Waals surface area contributed by atoms with Crippen LogP contribution in [0.4, 0.5) is 0 Å². The van der Waals surface area contributed by atoms with E-state index in [0.29, 0.717) is 17.7 Å². The summed E-state index contributed by atoms with van der Waals surface area (Å²) < 4.78 is 5.35. The molecule has 0 saturated heterocycles. The Kier molecular flexibility index (Phi) is 7.81. The number of unbranched alkanes of at least 4 members (excludes halogenated alkanes) is 5. The Morgan fingerprint density at radius 2 is 1.78 bits per heavy atom. The molecule has 1 aromatic carbocycles. The van der Waals surface area contributed by atoms with Crippen molar-refractivity contribution in [1.82, 2.24) is 0 Å². The third kappa shape index (κ3) is 6.44. The molecule has 0 bridgehead atoms. The molecule has 0 radical (unpaired) electrons. The van der Waals surface area contributed by atoms with Crippen molar-refractivity contribution >= 4 is 5.97 Å². The van der Waals surface area contributed by atoms with Gasteiger partial charge in [-0.25, -0.2) is 4.79 Å². The van der Waals surface area contributed by atoms with Crippen LogP contribution in [0.15, 0.2) is 18.2 Å². The van der Waals surface area contributed by atoms with Crippen LogP contribution in [0.25, 0.3) is 0 Å². The highest BCUT2D eigenvalue weighted by molar-refractivity contribution is 5.90. The number of esters is 1. The van der Waals surface area contributed by atoms with E-state index in [4.69, 9.17) is 4.74 Å². The molecule has 3 nitrogen and oxygen atoms in total. The van der Waals surface area contributed by atoms with Crippen LogP contribution in [0.1, 0.15) is 87.7 Å². The standard InChI is InChI=1S/C20H29NO2/c1-5-6-7-8-9-10-13-23-19(22)16-11-12-17(15-21)18(14-16)20(2,3)4/h11-12,14H,5-10,13H2,1-4H3. The molecule has 1 aromatic rings. The van der Waals surface area contributed by atoms with Crippen LogP contribution in [0.5, 0.6) is 0 Å². The Balaban J connectivity index is 2.56. The first-order valence-electron chi connectivity index (χ1n) is 8.62. The van der Waals surface area contributed by atoms with Crippen molar-refractivity contribution in [2.75, 3.05) is 6.61 Å². The van der Waals surface area contributed by atoms with Gasteiger partial charge < -0.3 is 4.74 Å². The van der Waals surface area contributed by atoms with Gasteiger partial charge in [-0.05, 0) is 35.6 Å². The van der Waals surface area contributed by atoms with Gasteiger partial charge in [0.05, 0.1) is 23.8 Å². The fourth-order valence-electron chi connectivity index (χ4n) is 2.52. The highest BCUT2D eigenvalue weighted by atomic mass is 16.5. The summed E-state index contributed by atoms with van der Waals surface area (Å²) in [5.74, 6) is -0.298. The Labute approximate surface area is 140 Å². The van der Waals surface area contributed by atoms with E-state index in [2.05, 4.69) is 13.0 Å². The summed E-state index contributed by atoms with van der Waals surface area (Å²) >= 11 is 0. The van der Waals surface area contributed by atoms with Gasteiger partial charge >= 0.3 is 5.97 Å². The Morgan fingerprint density at radius 1 is 1.13 bits per heavy atom. The van der Waals surface area contributed by atoms with Crippen LogP contribution in [0, 0.1) is 11.3 Å². The van der Waals surface area contributed by atoms with Crippen molar-refractivity contribution in [2.45, 2.75) is 71.6 Å². The van der Waals surface area contributed by atoms with Crippen LogP contribution < -0.4 is 0 Å². The van der Waals surface area contributed by atoms with E-state index in [1.807, 2.05) is 20.8 Å². The molecule has 0 heterocycles. The molecule has 0 amide bonds. The second kappa shape index (κ2) is 9.35. The van der Waals surface area contributed by atoms with E-state index in [-0.39, 0.29) is 11.4 Å². The number of nitrogens with zero attached hydrogens (tertiary/aromatic N) is 1. The molecule has 0 atom stereocenters. The van der Waals surface area contributed by atoms with Gasteiger partial charge in [0, 0.05) is 0 Å². The maximum atomic E-state index is 12.2. The quantitative estimate of drug-likeness (QED) is 0.478. The van der Waals surface area contributed by atoms with Crippen molar-refractivity contribution in [2.24, 2.45) is 0 Å². The molecule has 0 aliphatic heterocycles. The molecule has 0 spiro atoms. The Morgan fingerprint density at radius 3 is 2.39 bits per heavy atom. The number of hydrogen-bond acceptors (Lipinski definition) is 3.